The lowest BCUT2D eigenvalue weighted by Crippen LogP contribution is -2.30. The minimum absolute atomic E-state index is 0.00335. The average molecular weight is 222 g/mol. The van der Waals surface area contributed by atoms with Gasteiger partial charge in [-0.15, -0.1) is 0 Å². The van der Waals surface area contributed by atoms with Crippen molar-refractivity contribution in [2.75, 3.05) is 25.2 Å². The summed E-state index contributed by atoms with van der Waals surface area (Å²) in [6.07, 6.45) is 2.46. The van der Waals surface area contributed by atoms with Crippen LogP contribution in [0.1, 0.15) is 18.5 Å². The summed E-state index contributed by atoms with van der Waals surface area (Å²) in [6, 6.07) is 6.38. The topological polar surface area (TPSA) is 45.6 Å². The second-order valence-corrected chi connectivity index (χ2v) is 4.06. The van der Waals surface area contributed by atoms with Crippen molar-refractivity contribution in [1.82, 2.24) is 4.98 Å². The van der Waals surface area contributed by atoms with Gasteiger partial charge in [0.05, 0.1) is 18.9 Å². The molecule has 88 valence electrons. The molecule has 0 spiro atoms. The molecular formula is C12H18N2O2. The van der Waals surface area contributed by atoms with Gasteiger partial charge < -0.3 is 14.7 Å². The Balaban J connectivity index is 2.10. The number of hydrogen-bond donors (Lipinski definition) is 1. The van der Waals surface area contributed by atoms with E-state index in [-0.39, 0.29) is 6.61 Å². The Morgan fingerprint density at radius 2 is 2.31 bits per heavy atom. The molecule has 0 aromatic carbocycles. The Hall–Kier alpha value is -1.13. The fourth-order valence-corrected chi connectivity index (χ4v) is 1.77. The first-order valence-electron chi connectivity index (χ1n) is 5.67. The SMILES string of the molecule is COCCN(c1cccc(CO)n1)C1CC1. The van der Waals surface area contributed by atoms with E-state index >= 15 is 0 Å². The Kier molecular flexibility index (Phi) is 3.74. The van der Waals surface area contributed by atoms with Crippen molar-refractivity contribution in [3.05, 3.63) is 23.9 Å². The molecule has 1 N–H and O–H groups in total. The van der Waals surface area contributed by atoms with Gasteiger partial charge in [0.1, 0.15) is 5.82 Å². The van der Waals surface area contributed by atoms with Gasteiger partial charge in [-0.1, -0.05) is 6.07 Å². The molecule has 4 heteroatoms. The lowest BCUT2D eigenvalue weighted by Gasteiger charge is -2.23. The van der Waals surface area contributed by atoms with E-state index in [1.54, 1.807) is 7.11 Å². The number of ether oxygens (including phenoxy) is 1. The Morgan fingerprint density at radius 1 is 1.50 bits per heavy atom. The summed E-state index contributed by atoms with van der Waals surface area (Å²) in [7, 11) is 1.71. The van der Waals surface area contributed by atoms with Crippen molar-refractivity contribution in [2.24, 2.45) is 0 Å². The maximum Gasteiger partial charge on any atom is 0.129 e. The van der Waals surface area contributed by atoms with Gasteiger partial charge in [-0.25, -0.2) is 4.98 Å². The standard InChI is InChI=1S/C12H18N2O2/c1-16-8-7-14(11-5-6-11)12-4-2-3-10(9-15)13-12/h2-4,11,15H,5-9H2,1H3. The van der Waals surface area contributed by atoms with Crippen LogP contribution in [0.4, 0.5) is 5.82 Å². The van der Waals surface area contributed by atoms with Gasteiger partial charge in [0.25, 0.3) is 0 Å². The number of hydrogen-bond acceptors (Lipinski definition) is 4. The highest BCUT2D eigenvalue weighted by Gasteiger charge is 2.29. The van der Waals surface area contributed by atoms with Crippen LogP contribution in [0.25, 0.3) is 0 Å². The van der Waals surface area contributed by atoms with E-state index in [4.69, 9.17) is 9.84 Å². The van der Waals surface area contributed by atoms with Crippen LogP contribution in [0.3, 0.4) is 0 Å². The van der Waals surface area contributed by atoms with Gasteiger partial charge in [0.2, 0.25) is 0 Å². The normalized spacial score (nSPS) is 15.1. The molecule has 2 rings (SSSR count). The summed E-state index contributed by atoms with van der Waals surface area (Å²) in [5.41, 5.74) is 0.723. The first kappa shape index (κ1) is 11.4. The molecule has 1 heterocycles. The van der Waals surface area contributed by atoms with Gasteiger partial charge in [-0.3, -0.25) is 0 Å². The van der Waals surface area contributed by atoms with E-state index in [0.29, 0.717) is 12.6 Å². The van der Waals surface area contributed by atoms with Crippen LogP contribution < -0.4 is 4.90 Å². The Morgan fingerprint density at radius 3 is 2.94 bits per heavy atom. The lowest BCUT2D eigenvalue weighted by atomic mass is 10.3. The van der Waals surface area contributed by atoms with Crippen molar-refractivity contribution >= 4 is 5.82 Å². The highest BCUT2D eigenvalue weighted by Crippen LogP contribution is 2.30. The molecule has 0 unspecified atom stereocenters. The molecule has 4 nitrogen and oxygen atoms in total. The highest BCUT2D eigenvalue weighted by atomic mass is 16.5. The third-order valence-electron chi connectivity index (χ3n) is 2.77. The van der Waals surface area contributed by atoms with Crippen molar-refractivity contribution in [2.45, 2.75) is 25.5 Å². The number of aromatic nitrogens is 1. The predicted octanol–water partition coefficient (Wildman–Crippen LogP) is 1.19. The Bertz CT molecular complexity index is 340. The molecular weight excluding hydrogens is 204 g/mol. The average Bonchev–Trinajstić information content (AvgIpc) is 3.14. The second-order valence-electron chi connectivity index (χ2n) is 4.06. The fraction of sp³-hybridized carbons (Fsp3) is 0.583. The van der Waals surface area contributed by atoms with Crippen LogP contribution in [0.5, 0.6) is 0 Å². The Labute approximate surface area is 95.9 Å². The van der Waals surface area contributed by atoms with Gasteiger partial charge in [0.15, 0.2) is 0 Å². The lowest BCUT2D eigenvalue weighted by molar-refractivity contribution is 0.204. The zero-order valence-corrected chi connectivity index (χ0v) is 9.59. The van der Waals surface area contributed by atoms with Crippen LogP contribution in [-0.4, -0.2) is 36.4 Å². The summed E-state index contributed by atoms with van der Waals surface area (Å²) in [5, 5.41) is 9.07. The molecule has 0 radical (unpaired) electrons. The first-order valence-corrected chi connectivity index (χ1v) is 5.67. The van der Waals surface area contributed by atoms with Crippen molar-refractivity contribution in [1.29, 1.82) is 0 Å². The largest absolute Gasteiger partial charge is 0.390 e. The number of methoxy groups -OCH3 is 1. The zero-order valence-electron chi connectivity index (χ0n) is 9.59. The number of anilines is 1. The van der Waals surface area contributed by atoms with Gasteiger partial charge >= 0.3 is 0 Å². The third kappa shape index (κ3) is 2.71. The highest BCUT2D eigenvalue weighted by molar-refractivity contribution is 5.42. The minimum Gasteiger partial charge on any atom is -0.390 e. The molecule has 1 saturated carbocycles. The number of nitrogens with zero attached hydrogens (tertiary/aromatic N) is 2. The summed E-state index contributed by atoms with van der Waals surface area (Å²) in [5.74, 6) is 0.950. The number of rotatable bonds is 6. The van der Waals surface area contributed by atoms with Crippen LogP contribution in [0.15, 0.2) is 18.2 Å². The smallest absolute Gasteiger partial charge is 0.129 e. The quantitative estimate of drug-likeness (QED) is 0.785. The van der Waals surface area contributed by atoms with E-state index in [9.17, 15) is 0 Å². The maximum atomic E-state index is 9.07. The maximum absolute atomic E-state index is 9.07. The van der Waals surface area contributed by atoms with E-state index in [0.717, 1.165) is 18.1 Å². The van der Waals surface area contributed by atoms with Crippen LogP contribution in [0.2, 0.25) is 0 Å². The van der Waals surface area contributed by atoms with Crippen molar-refractivity contribution in [3.63, 3.8) is 0 Å². The molecule has 1 aromatic rings. The van der Waals surface area contributed by atoms with Crippen molar-refractivity contribution in [3.8, 4) is 0 Å². The van der Waals surface area contributed by atoms with E-state index in [1.807, 2.05) is 18.2 Å². The zero-order chi connectivity index (χ0) is 11.4. The van der Waals surface area contributed by atoms with Crippen LogP contribution >= 0.6 is 0 Å². The molecule has 0 bridgehead atoms. The van der Waals surface area contributed by atoms with Gasteiger partial charge in [0, 0.05) is 19.7 Å². The molecule has 1 aliphatic rings. The molecule has 0 saturated heterocycles. The summed E-state index contributed by atoms with van der Waals surface area (Å²) >= 11 is 0. The van der Waals surface area contributed by atoms with Gasteiger partial charge in [-0.2, -0.15) is 0 Å². The molecule has 0 amide bonds. The third-order valence-corrected chi connectivity index (χ3v) is 2.77. The minimum atomic E-state index is -0.00335. The van der Waals surface area contributed by atoms with E-state index < -0.39 is 0 Å². The number of aliphatic hydroxyl groups excluding tert-OH is 1. The van der Waals surface area contributed by atoms with Crippen LogP contribution in [0, 0.1) is 0 Å². The molecule has 16 heavy (non-hydrogen) atoms. The molecule has 0 atom stereocenters. The van der Waals surface area contributed by atoms with Crippen LogP contribution in [-0.2, 0) is 11.3 Å². The van der Waals surface area contributed by atoms with E-state index in [2.05, 4.69) is 9.88 Å². The van der Waals surface area contributed by atoms with Crippen molar-refractivity contribution < 1.29 is 9.84 Å². The number of aliphatic hydroxyl groups is 1. The summed E-state index contributed by atoms with van der Waals surface area (Å²) in [6.45, 7) is 1.57. The predicted molar refractivity (Wildman–Crippen MR) is 62.4 cm³/mol. The fourth-order valence-electron chi connectivity index (χ4n) is 1.77. The molecule has 1 fully saturated rings. The monoisotopic (exact) mass is 222 g/mol. The first-order chi connectivity index (χ1) is 7.85. The van der Waals surface area contributed by atoms with E-state index in [1.165, 1.54) is 12.8 Å². The molecule has 1 aliphatic carbocycles. The van der Waals surface area contributed by atoms with Gasteiger partial charge in [-0.05, 0) is 25.0 Å². The second kappa shape index (κ2) is 5.27. The summed E-state index contributed by atoms with van der Waals surface area (Å²) < 4.78 is 5.11. The summed E-state index contributed by atoms with van der Waals surface area (Å²) in [4.78, 5) is 6.69. The molecule has 0 aliphatic heterocycles. The molecule has 1 aromatic heterocycles. The number of pyridine rings is 1.